The Bertz CT molecular complexity index is 1120. The largest absolute Gasteiger partial charge is 0.369 e. The Morgan fingerprint density at radius 3 is 2.53 bits per heavy atom. The molecule has 2 aromatic carbocycles. The molecule has 34 heavy (non-hydrogen) atoms. The lowest BCUT2D eigenvalue weighted by Crippen LogP contribution is -2.49. The Kier molecular flexibility index (Phi) is 7.87. The Morgan fingerprint density at radius 2 is 1.76 bits per heavy atom. The van der Waals surface area contributed by atoms with Crippen LogP contribution in [0.15, 0.2) is 48.5 Å². The third-order valence-corrected chi connectivity index (χ3v) is 5.86. The first-order chi connectivity index (χ1) is 16.5. The molecule has 2 N–H and O–H groups in total. The van der Waals surface area contributed by atoms with Gasteiger partial charge in [-0.05, 0) is 51.3 Å². The van der Waals surface area contributed by atoms with Gasteiger partial charge in [-0.1, -0.05) is 24.3 Å². The van der Waals surface area contributed by atoms with Gasteiger partial charge in [-0.25, -0.2) is 19.2 Å². The predicted octanol–water partition coefficient (Wildman–Crippen LogP) is 3.48. The smallest absolute Gasteiger partial charge is 0.322 e. The van der Waals surface area contributed by atoms with Crippen LogP contribution in [0.4, 0.5) is 20.7 Å². The quantitative estimate of drug-likeness (QED) is 0.496. The summed E-state index contributed by atoms with van der Waals surface area (Å²) in [6.07, 6.45) is 1.03. The fourth-order valence-electron chi connectivity index (χ4n) is 4.00. The molecule has 1 aliphatic heterocycles. The van der Waals surface area contributed by atoms with Crippen LogP contribution in [0.5, 0.6) is 0 Å². The Hall–Kier alpha value is -3.30. The number of urea groups is 1. The number of anilines is 2. The summed E-state index contributed by atoms with van der Waals surface area (Å²) in [6, 6.07) is 14.0. The van der Waals surface area contributed by atoms with Crippen molar-refractivity contribution in [2.24, 2.45) is 0 Å². The topological polar surface area (TPSA) is 76.6 Å². The van der Waals surface area contributed by atoms with Crippen molar-refractivity contribution in [1.29, 1.82) is 0 Å². The molecule has 9 heteroatoms. The number of benzene rings is 2. The molecule has 1 aliphatic rings. The number of carbonyl (C=O) groups excluding carboxylic acids is 1. The fraction of sp³-hybridized carbons (Fsp3) is 0.400. The van der Waals surface area contributed by atoms with Crippen molar-refractivity contribution in [2.45, 2.75) is 13.0 Å². The molecule has 4 rings (SSSR count). The third-order valence-electron chi connectivity index (χ3n) is 5.86. The Balaban J connectivity index is 1.35. The van der Waals surface area contributed by atoms with Gasteiger partial charge < -0.3 is 20.4 Å². The van der Waals surface area contributed by atoms with E-state index in [4.69, 9.17) is 9.97 Å². The fourth-order valence-corrected chi connectivity index (χ4v) is 4.00. The number of nitrogens with zero attached hydrogens (tertiary/aromatic N) is 5. The van der Waals surface area contributed by atoms with Crippen LogP contribution < -0.4 is 10.6 Å². The van der Waals surface area contributed by atoms with Gasteiger partial charge in [0.2, 0.25) is 0 Å². The SMILES string of the molecule is CN(C)CCCNc1nc(CN2CCN(C(=O)Nc3ccccc3F)CC2)nc2ccccc12. The molecule has 8 nitrogen and oxygen atoms in total. The number of piperazine rings is 1. The molecule has 0 saturated carbocycles. The van der Waals surface area contributed by atoms with Crippen LogP contribution in [0.3, 0.4) is 0 Å². The van der Waals surface area contributed by atoms with Crippen molar-refractivity contribution < 1.29 is 9.18 Å². The summed E-state index contributed by atoms with van der Waals surface area (Å²) in [7, 11) is 4.14. The second-order valence-electron chi connectivity index (χ2n) is 8.76. The maximum absolute atomic E-state index is 13.8. The zero-order valence-electron chi connectivity index (χ0n) is 19.8. The summed E-state index contributed by atoms with van der Waals surface area (Å²) in [6.45, 7) is 4.98. The van der Waals surface area contributed by atoms with Crippen LogP contribution in [-0.4, -0.2) is 84.1 Å². The van der Waals surface area contributed by atoms with Crippen LogP contribution in [0, 0.1) is 5.82 Å². The van der Waals surface area contributed by atoms with E-state index >= 15 is 0 Å². The van der Waals surface area contributed by atoms with E-state index < -0.39 is 5.82 Å². The number of halogens is 1. The minimum absolute atomic E-state index is 0.199. The summed E-state index contributed by atoms with van der Waals surface area (Å²) in [5.74, 6) is 1.19. The summed E-state index contributed by atoms with van der Waals surface area (Å²) < 4.78 is 13.8. The highest BCUT2D eigenvalue weighted by molar-refractivity contribution is 5.90. The van der Waals surface area contributed by atoms with E-state index in [1.165, 1.54) is 6.07 Å². The lowest BCUT2D eigenvalue weighted by Gasteiger charge is -2.34. The normalized spacial score (nSPS) is 14.5. The van der Waals surface area contributed by atoms with Crippen molar-refractivity contribution in [3.8, 4) is 0 Å². The average molecular weight is 466 g/mol. The second kappa shape index (κ2) is 11.2. The lowest BCUT2D eigenvalue weighted by molar-refractivity contribution is 0.141. The average Bonchev–Trinajstić information content (AvgIpc) is 2.83. The molecular formula is C25H32FN7O. The number of hydrogen-bond donors (Lipinski definition) is 2. The summed E-state index contributed by atoms with van der Waals surface area (Å²) in [5.41, 5.74) is 1.12. The number of amides is 2. The first-order valence-corrected chi connectivity index (χ1v) is 11.7. The Morgan fingerprint density at radius 1 is 1.03 bits per heavy atom. The molecular weight excluding hydrogens is 433 g/mol. The van der Waals surface area contributed by atoms with Crippen LogP contribution in [0.25, 0.3) is 10.9 Å². The van der Waals surface area contributed by atoms with Crippen LogP contribution >= 0.6 is 0 Å². The molecule has 1 aromatic heterocycles. The molecule has 2 heterocycles. The van der Waals surface area contributed by atoms with E-state index in [-0.39, 0.29) is 11.7 Å². The predicted molar refractivity (Wildman–Crippen MR) is 133 cm³/mol. The van der Waals surface area contributed by atoms with Gasteiger partial charge in [-0.2, -0.15) is 0 Å². The van der Waals surface area contributed by atoms with E-state index in [1.807, 2.05) is 24.3 Å². The molecule has 0 spiro atoms. The van der Waals surface area contributed by atoms with E-state index in [9.17, 15) is 9.18 Å². The van der Waals surface area contributed by atoms with E-state index in [0.29, 0.717) is 32.7 Å². The number of fused-ring (bicyclic) bond motifs is 1. The minimum atomic E-state index is -0.436. The number of hydrogen-bond acceptors (Lipinski definition) is 6. The number of aromatic nitrogens is 2. The maximum Gasteiger partial charge on any atom is 0.322 e. The van der Waals surface area contributed by atoms with Crippen LogP contribution in [0.2, 0.25) is 0 Å². The van der Waals surface area contributed by atoms with Crippen molar-refractivity contribution in [2.75, 3.05) is 64.0 Å². The summed E-state index contributed by atoms with van der Waals surface area (Å²) in [4.78, 5) is 28.2. The number of nitrogens with one attached hydrogen (secondary N) is 2. The number of rotatable bonds is 8. The van der Waals surface area contributed by atoms with Gasteiger partial charge in [0, 0.05) is 38.1 Å². The molecule has 0 bridgehead atoms. The first-order valence-electron chi connectivity index (χ1n) is 11.7. The van der Waals surface area contributed by atoms with Crippen molar-refractivity contribution >= 4 is 28.4 Å². The van der Waals surface area contributed by atoms with Crippen LogP contribution in [0.1, 0.15) is 12.2 Å². The van der Waals surface area contributed by atoms with Crippen molar-refractivity contribution in [1.82, 2.24) is 24.7 Å². The lowest BCUT2D eigenvalue weighted by atomic mass is 10.2. The third kappa shape index (κ3) is 6.18. The molecule has 3 aromatic rings. The van der Waals surface area contributed by atoms with E-state index in [0.717, 1.165) is 42.1 Å². The second-order valence-corrected chi connectivity index (χ2v) is 8.76. The number of carbonyl (C=O) groups is 1. The van der Waals surface area contributed by atoms with Gasteiger partial charge in [0.25, 0.3) is 0 Å². The zero-order chi connectivity index (χ0) is 23.9. The highest BCUT2D eigenvalue weighted by atomic mass is 19.1. The summed E-state index contributed by atoms with van der Waals surface area (Å²) >= 11 is 0. The van der Waals surface area contributed by atoms with E-state index in [1.54, 1.807) is 23.1 Å². The summed E-state index contributed by atoms with van der Waals surface area (Å²) in [5, 5.41) is 7.16. The maximum atomic E-state index is 13.8. The molecule has 2 amide bonds. The van der Waals surface area contributed by atoms with Crippen molar-refractivity contribution in [3.63, 3.8) is 0 Å². The monoisotopic (exact) mass is 465 g/mol. The molecule has 0 radical (unpaired) electrons. The molecule has 1 fully saturated rings. The molecule has 180 valence electrons. The molecule has 0 aliphatic carbocycles. The highest BCUT2D eigenvalue weighted by Gasteiger charge is 2.22. The van der Waals surface area contributed by atoms with Gasteiger partial charge in [-0.15, -0.1) is 0 Å². The number of para-hydroxylation sites is 2. The Labute approximate surface area is 199 Å². The zero-order valence-corrected chi connectivity index (χ0v) is 19.8. The molecule has 1 saturated heterocycles. The minimum Gasteiger partial charge on any atom is -0.369 e. The first kappa shape index (κ1) is 23.8. The van der Waals surface area contributed by atoms with Gasteiger partial charge >= 0.3 is 6.03 Å². The molecule has 0 unspecified atom stereocenters. The highest BCUT2D eigenvalue weighted by Crippen LogP contribution is 2.21. The standard InChI is InChI=1S/C25H32FN7O/c1-31(2)13-7-12-27-24-19-8-3-5-10-21(19)28-23(30-24)18-32-14-16-33(17-15-32)25(34)29-22-11-6-4-9-20(22)26/h3-6,8-11H,7,12-18H2,1-2H3,(H,29,34)(H,27,28,30). The van der Waals surface area contributed by atoms with Gasteiger partial charge in [0.15, 0.2) is 0 Å². The van der Waals surface area contributed by atoms with Gasteiger partial charge in [0.1, 0.15) is 17.5 Å². The molecule has 0 atom stereocenters. The van der Waals surface area contributed by atoms with Gasteiger partial charge in [0.05, 0.1) is 17.7 Å². The van der Waals surface area contributed by atoms with Crippen molar-refractivity contribution in [3.05, 3.63) is 60.2 Å². The van der Waals surface area contributed by atoms with Crippen LogP contribution in [-0.2, 0) is 6.54 Å². The van der Waals surface area contributed by atoms with Gasteiger partial charge in [-0.3, -0.25) is 4.90 Å². The van der Waals surface area contributed by atoms with E-state index in [2.05, 4.69) is 34.5 Å².